The van der Waals surface area contributed by atoms with Gasteiger partial charge in [-0.3, -0.25) is 9.69 Å². The molecule has 2 aromatic rings. The van der Waals surface area contributed by atoms with Crippen LogP contribution in [0.25, 0.3) is 6.08 Å². The van der Waals surface area contributed by atoms with Gasteiger partial charge in [0.05, 0.1) is 15.6 Å². The van der Waals surface area contributed by atoms with Crippen molar-refractivity contribution < 1.29 is 9.18 Å². The third kappa shape index (κ3) is 3.69. The smallest absolute Gasteiger partial charge is 0.270 e. The quantitative estimate of drug-likeness (QED) is 0.452. The number of amides is 1. The highest BCUT2D eigenvalue weighted by Gasteiger charge is 2.33. The molecule has 2 aromatic carbocycles. The maximum atomic E-state index is 13.4. The number of carbonyl (C=O) groups is 1. The van der Waals surface area contributed by atoms with E-state index in [1.807, 2.05) is 19.1 Å². The third-order valence-corrected chi connectivity index (χ3v) is 6.56. The van der Waals surface area contributed by atoms with Crippen LogP contribution in [0.4, 0.5) is 15.8 Å². The van der Waals surface area contributed by atoms with Gasteiger partial charge in [-0.25, -0.2) is 4.39 Å². The summed E-state index contributed by atoms with van der Waals surface area (Å²) in [4.78, 5) is 17.2. The Balaban J connectivity index is 1.61. The van der Waals surface area contributed by atoms with Crippen LogP contribution < -0.4 is 9.80 Å². The number of thiocarbonyl (C=S) groups is 1. The molecule has 0 atom stereocenters. The lowest BCUT2D eigenvalue weighted by Gasteiger charge is -2.18. The van der Waals surface area contributed by atoms with Gasteiger partial charge in [-0.1, -0.05) is 41.6 Å². The summed E-state index contributed by atoms with van der Waals surface area (Å²) >= 11 is 12.5. The maximum absolute atomic E-state index is 13.4. The van der Waals surface area contributed by atoms with Crippen LogP contribution in [0.15, 0.2) is 41.3 Å². The number of nitrogens with zero attached hydrogens (tertiary/aromatic N) is 2. The van der Waals surface area contributed by atoms with Gasteiger partial charge in [-0.15, -0.1) is 0 Å². The Hall–Kier alpha value is -1.89. The first-order valence-electron chi connectivity index (χ1n) is 9.02. The second-order valence-electron chi connectivity index (χ2n) is 6.85. The molecule has 0 saturated carbocycles. The monoisotopic (exact) mass is 432 g/mol. The zero-order valence-corrected chi connectivity index (χ0v) is 17.6. The molecule has 4 rings (SSSR count). The van der Waals surface area contributed by atoms with Crippen molar-refractivity contribution in [1.82, 2.24) is 0 Å². The molecule has 0 N–H and O–H groups in total. The molecule has 2 saturated heterocycles. The number of carbonyl (C=O) groups excluding carboxylic acids is 1. The van der Waals surface area contributed by atoms with Crippen LogP contribution in [0.5, 0.6) is 0 Å². The largest absolute Gasteiger partial charge is 0.372 e. The van der Waals surface area contributed by atoms with Crippen molar-refractivity contribution in [2.45, 2.75) is 19.8 Å². The fourth-order valence-corrected chi connectivity index (χ4v) is 4.91. The van der Waals surface area contributed by atoms with Crippen molar-refractivity contribution >= 4 is 63.3 Å². The molecule has 0 aromatic heterocycles. The van der Waals surface area contributed by atoms with Crippen molar-refractivity contribution in [2.75, 3.05) is 22.9 Å². The molecule has 2 aliphatic heterocycles. The van der Waals surface area contributed by atoms with Gasteiger partial charge in [0, 0.05) is 18.8 Å². The highest BCUT2D eigenvalue weighted by atomic mass is 35.5. The zero-order chi connectivity index (χ0) is 19.8. The van der Waals surface area contributed by atoms with Gasteiger partial charge >= 0.3 is 0 Å². The number of rotatable bonds is 3. The minimum Gasteiger partial charge on any atom is -0.372 e. The van der Waals surface area contributed by atoms with Gasteiger partial charge in [0.1, 0.15) is 5.82 Å². The SMILES string of the molecule is Cc1cc(N2CCCC2)ccc1/C=C1/SC(=S)N(c2ccc(F)c(Cl)c2)C1=O. The molecule has 28 heavy (non-hydrogen) atoms. The van der Waals surface area contributed by atoms with E-state index in [2.05, 4.69) is 17.0 Å². The normalized spacial score (nSPS) is 18.6. The molecule has 0 radical (unpaired) electrons. The number of aryl methyl sites for hydroxylation is 1. The molecule has 2 heterocycles. The Kier molecular flexibility index (Phi) is 5.45. The van der Waals surface area contributed by atoms with E-state index in [9.17, 15) is 9.18 Å². The summed E-state index contributed by atoms with van der Waals surface area (Å²) in [5, 5.41) is -0.0381. The van der Waals surface area contributed by atoms with Crippen LogP contribution >= 0.6 is 35.6 Å². The topological polar surface area (TPSA) is 23.6 Å². The fraction of sp³-hybridized carbons (Fsp3) is 0.238. The third-order valence-electron chi connectivity index (χ3n) is 4.97. The summed E-state index contributed by atoms with van der Waals surface area (Å²) in [7, 11) is 0. The highest BCUT2D eigenvalue weighted by Crippen LogP contribution is 2.37. The van der Waals surface area contributed by atoms with Gasteiger partial charge in [-0.2, -0.15) is 0 Å². The predicted octanol–water partition coefficient (Wildman–Crippen LogP) is 5.79. The molecule has 0 bridgehead atoms. The molecule has 0 spiro atoms. The summed E-state index contributed by atoms with van der Waals surface area (Å²) in [5.41, 5.74) is 3.79. The fourth-order valence-electron chi connectivity index (χ4n) is 3.45. The predicted molar refractivity (Wildman–Crippen MR) is 120 cm³/mol. The van der Waals surface area contributed by atoms with E-state index >= 15 is 0 Å². The summed E-state index contributed by atoms with van der Waals surface area (Å²) < 4.78 is 13.9. The second kappa shape index (κ2) is 7.85. The number of anilines is 2. The summed E-state index contributed by atoms with van der Waals surface area (Å²) in [5.74, 6) is -0.749. The summed E-state index contributed by atoms with van der Waals surface area (Å²) in [6, 6.07) is 10.5. The lowest BCUT2D eigenvalue weighted by Crippen LogP contribution is -2.27. The van der Waals surface area contributed by atoms with Gasteiger partial charge in [-0.05, 0) is 67.3 Å². The minimum absolute atomic E-state index is 0.0381. The van der Waals surface area contributed by atoms with Crippen molar-refractivity contribution in [3.05, 3.63) is 63.3 Å². The van der Waals surface area contributed by atoms with Crippen LogP contribution in [-0.4, -0.2) is 23.3 Å². The Morgan fingerprint density at radius 3 is 2.54 bits per heavy atom. The van der Waals surface area contributed by atoms with Crippen molar-refractivity contribution in [2.24, 2.45) is 0 Å². The first-order valence-corrected chi connectivity index (χ1v) is 10.6. The molecule has 2 aliphatic rings. The lowest BCUT2D eigenvalue weighted by molar-refractivity contribution is -0.113. The van der Waals surface area contributed by atoms with Crippen LogP contribution in [0, 0.1) is 12.7 Å². The highest BCUT2D eigenvalue weighted by molar-refractivity contribution is 8.27. The molecular formula is C21H18ClFN2OS2. The summed E-state index contributed by atoms with van der Waals surface area (Å²) in [6.07, 6.45) is 4.33. The summed E-state index contributed by atoms with van der Waals surface area (Å²) in [6.45, 7) is 4.24. The Labute approximate surface area is 178 Å². The number of benzene rings is 2. The number of hydrogen-bond acceptors (Lipinski definition) is 4. The lowest BCUT2D eigenvalue weighted by atomic mass is 10.1. The second-order valence-corrected chi connectivity index (χ2v) is 8.93. The average molecular weight is 433 g/mol. The van der Waals surface area contributed by atoms with E-state index in [1.54, 1.807) is 0 Å². The molecule has 7 heteroatoms. The first kappa shape index (κ1) is 19.4. The van der Waals surface area contributed by atoms with Crippen LogP contribution in [0.3, 0.4) is 0 Å². The first-order chi connectivity index (χ1) is 13.4. The van der Waals surface area contributed by atoms with Crippen molar-refractivity contribution in [1.29, 1.82) is 0 Å². The molecular weight excluding hydrogens is 415 g/mol. The molecule has 2 fully saturated rings. The van der Waals surface area contributed by atoms with Crippen molar-refractivity contribution in [3.63, 3.8) is 0 Å². The van der Waals surface area contributed by atoms with E-state index in [1.165, 1.54) is 53.4 Å². The van der Waals surface area contributed by atoms with E-state index < -0.39 is 5.82 Å². The number of halogens is 2. The van der Waals surface area contributed by atoms with Crippen LogP contribution in [0.1, 0.15) is 24.0 Å². The van der Waals surface area contributed by atoms with Gasteiger partial charge < -0.3 is 4.90 Å². The molecule has 0 aliphatic carbocycles. The Morgan fingerprint density at radius 1 is 1.14 bits per heavy atom. The van der Waals surface area contributed by atoms with Gasteiger partial charge in [0.2, 0.25) is 0 Å². The molecule has 144 valence electrons. The average Bonchev–Trinajstić information content (AvgIpc) is 3.28. The minimum atomic E-state index is -0.528. The van der Waals surface area contributed by atoms with Crippen LogP contribution in [0.2, 0.25) is 5.02 Å². The molecule has 1 amide bonds. The van der Waals surface area contributed by atoms with E-state index in [0.717, 1.165) is 24.2 Å². The van der Waals surface area contributed by atoms with Crippen molar-refractivity contribution in [3.8, 4) is 0 Å². The molecule has 0 unspecified atom stereocenters. The van der Waals surface area contributed by atoms with E-state index in [4.69, 9.17) is 23.8 Å². The maximum Gasteiger partial charge on any atom is 0.270 e. The van der Waals surface area contributed by atoms with Gasteiger partial charge in [0.15, 0.2) is 4.32 Å². The van der Waals surface area contributed by atoms with Gasteiger partial charge in [0.25, 0.3) is 5.91 Å². The molecule has 3 nitrogen and oxygen atoms in total. The number of hydrogen-bond donors (Lipinski definition) is 0. The standard InChI is InChI=1S/C21H18ClFN2OS2/c1-13-10-15(24-8-2-3-9-24)5-4-14(13)11-19-20(26)25(21(27)28-19)16-6-7-18(23)17(22)12-16/h4-7,10-12H,2-3,8-9H2,1H3/b19-11+. The Morgan fingerprint density at radius 2 is 1.86 bits per heavy atom. The van der Waals surface area contributed by atoms with E-state index in [-0.39, 0.29) is 10.9 Å². The Bertz CT molecular complexity index is 1000. The van der Waals surface area contributed by atoms with E-state index in [0.29, 0.717) is 14.9 Å². The zero-order valence-electron chi connectivity index (χ0n) is 15.2. The number of thioether (sulfide) groups is 1. The van der Waals surface area contributed by atoms with Crippen LogP contribution in [-0.2, 0) is 4.79 Å².